The van der Waals surface area contributed by atoms with Gasteiger partial charge in [0.05, 0.1) is 0 Å². The molecule has 0 radical (unpaired) electrons. The van der Waals surface area contributed by atoms with E-state index in [4.69, 9.17) is 0 Å². The van der Waals surface area contributed by atoms with Gasteiger partial charge in [-0.2, -0.15) is 0 Å². The van der Waals surface area contributed by atoms with Gasteiger partial charge in [-0.3, -0.25) is 0 Å². The summed E-state index contributed by atoms with van der Waals surface area (Å²) in [5.74, 6) is 3.24. The van der Waals surface area contributed by atoms with Gasteiger partial charge in [-0.25, -0.2) is 0 Å². The summed E-state index contributed by atoms with van der Waals surface area (Å²) in [6.45, 7) is 4.08. The lowest BCUT2D eigenvalue weighted by Gasteiger charge is -2.34. The van der Waals surface area contributed by atoms with Crippen molar-refractivity contribution in [3.8, 4) is 0 Å². The van der Waals surface area contributed by atoms with Crippen LogP contribution in [0.1, 0.15) is 57.8 Å². The molecule has 0 unspecified atom stereocenters. The topological polar surface area (TPSA) is 6.48 Å². The van der Waals surface area contributed by atoms with E-state index >= 15 is 0 Å². The van der Waals surface area contributed by atoms with Crippen LogP contribution in [0.25, 0.3) is 0 Å². The second kappa shape index (κ2) is 6.79. The number of rotatable bonds is 0. The van der Waals surface area contributed by atoms with Crippen molar-refractivity contribution in [3.63, 3.8) is 0 Å². The Morgan fingerprint density at radius 3 is 2.20 bits per heavy atom. The van der Waals surface area contributed by atoms with Gasteiger partial charge in [0.1, 0.15) is 0 Å². The summed E-state index contributed by atoms with van der Waals surface area (Å²) in [5.41, 5.74) is 0. The number of fused-ring (bicyclic) bond motifs is 2. The van der Waals surface area contributed by atoms with Gasteiger partial charge >= 0.3 is 0 Å². The minimum Gasteiger partial charge on any atom is -0.306 e. The second-order valence-corrected chi connectivity index (χ2v) is 7.88. The summed E-state index contributed by atoms with van der Waals surface area (Å²) >= 11 is 0. The van der Waals surface area contributed by atoms with Crippen molar-refractivity contribution in [1.82, 2.24) is 9.80 Å². The van der Waals surface area contributed by atoms with Gasteiger partial charge in [0.15, 0.2) is 0 Å². The Hall–Kier alpha value is -0.0800. The van der Waals surface area contributed by atoms with Crippen molar-refractivity contribution in [2.75, 3.05) is 33.7 Å². The van der Waals surface area contributed by atoms with Crippen molar-refractivity contribution in [2.24, 2.45) is 17.8 Å². The van der Waals surface area contributed by atoms with Crippen LogP contribution in [0.15, 0.2) is 0 Å². The summed E-state index contributed by atoms with van der Waals surface area (Å²) in [7, 11) is 4.55. The van der Waals surface area contributed by atoms with Gasteiger partial charge in [0, 0.05) is 12.6 Å². The Morgan fingerprint density at radius 1 is 0.650 bits per heavy atom. The molecule has 4 fully saturated rings. The first-order chi connectivity index (χ1) is 9.74. The maximum atomic E-state index is 2.57. The maximum Gasteiger partial charge on any atom is 0.0120 e. The first kappa shape index (κ1) is 14.8. The molecule has 0 bridgehead atoms. The molecule has 2 saturated heterocycles. The molecule has 0 N–H and O–H groups in total. The van der Waals surface area contributed by atoms with Gasteiger partial charge in [-0.05, 0) is 83.5 Å². The zero-order chi connectivity index (χ0) is 13.9. The Bertz CT molecular complexity index is 304. The zero-order valence-electron chi connectivity index (χ0n) is 13.7. The van der Waals surface area contributed by atoms with Gasteiger partial charge < -0.3 is 9.80 Å². The van der Waals surface area contributed by atoms with Crippen LogP contribution in [0.3, 0.4) is 0 Å². The molecule has 2 heterocycles. The molecule has 4 aliphatic rings. The number of likely N-dealkylation sites (tertiary alicyclic amines) is 2. The highest BCUT2D eigenvalue weighted by Crippen LogP contribution is 2.37. The number of nitrogens with zero attached hydrogens (tertiary/aromatic N) is 2. The first-order valence-electron chi connectivity index (χ1n) is 9.13. The average molecular weight is 278 g/mol. The average Bonchev–Trinajstić information content (AvgIpc) is 3.07. The lowest BCUT2D eigenvalue weighted by atomic mass is 9.89. The summed E-state index contributed by atoms with van der Waals surface area (Å²) in [5, 5.41) is 0. The molecule has 2 nitrogen and oxygen atoms in total. The maximum absolute atomic E-state index is 2.57. The van der Waals surface area contributed by atoms with E-state index in [2.05, 4.69) is 23.9 Å². The molecule has 0 spiro atoms. The van der Waals surface area contributed by atoms with E-state index in [1.54, 1.807) is 0 Å². The highest BCUT2D eigenvalue weighted by Gasteiger charge is 2.32. The van der Waals surface area contributed by atoms with E-state index in [9.17, 15) is 0 Å². The van der Waals surface area contributed by atoms with Crippen molar-refractivity contribution >= 4 is 0 Å². The SMILES string of the molecule is CN1CCC[C@@H]2CCC[C@@H]21.CN1CC[C@@H]2CCC[C@@H]2C1. The zero-order valence-corrected chi connectivity index (χ0v) is 13.7. The quantitative estimate of drug-likeness (QED) is 0.668. The van der Waals surface area contributed by atoms with Crippen molar-refractivity contribution in [1.29, 1.82) is 0 Å². The number of piperidine rings is 2. The molecule has 2 heteroatoms. The van der Waals surface area contributed by atoms with Gasteiger partial charge in [-0.15, -0.1) is 0 Å². The molecular formula is C18H34N2. The number of hydrogen-bond donors (Lipinski definition) is 0. The predicted molar refractivity (Wildman–Crippen MR) is 85.9 cm³/mol. The molecule has 2 aliphatic heterocycles. The van der Waals surface area contributed by atoms with E-state index in [0.29, 0.717) is 0 Å². The fraction of sp³-hybridized carbons (Fsp3) is 1.00. The van der Waals surface area contributed by atoms with Crippen LogP contribution < -0.4 is 0 Å². The highest BCUT2D eigenvalue weighted by molar-refractivity contribution is 4.87. The molecule has 0 aromatic carbocycles. The molecule has 0 amide bonds. The largest absolute Gasteiger partial charge is 0.306 e. The minimum absolute atomic E-state index is 0.966. The van der Waals surface area contributed by atoms with Crippen LogP contribution in [-0.2, 0) is 0 Å². The second-order valence-electron chi connectivity index (χ2n) is 7.88. The molecule has 4 atom stereocenters. The van der Waals surface area contributed by atoms with Crippen LogP contribution >= 0.6 is 0 Å². The summed E-state index contributed by atoms with van der Waals surface area (Å²) in [6.07, 6.45) is 13.4. The minimum atomic E-state index is 0.966. The van der Waals surface area contributed by atoms with Crippen LogP contribution in [-0.4, -0.2) is 49.6 Å². The standard InChI is InChI=1S/2C9H17N/c1-10-7-3-5-8-4-2-6-9(8)10;1-10-6-5-8-3-2-4-9(8)7-10/h2*8-9H,2-7H2,1H3/t8-,9-;8-,9+/m00/s1. The van der Waals surface area contributed by atoms with Gasteiger partial charge in [0.2, 0.25) is 0 Å². The summed E-state index contributed by atoms with van der Waals surface area (Å²) in [4.78, 5) is 5.06. The Labute approximate surface area is 125 Å². The molecule has 2 saturated carbocycles. The summed E-state index contributed by atoms with van der Waals surface area (Å²) < 4.78 is 0. The molecule has 4 rings (SSSR count). The van der Waals surface area contributed by atoms with Crippen LogP contribution in [0.4, 0.5) is 0 Å². The van der Waals surface area contributed by atoms with E-state index < -0.39 is 0 Å². The summed E-state index contributed by atoms with van der Waals surface area (Å²) in [6, 6.07) is 0.966. The third-order valence-corrected chi connectivity index (χ3v) is 6.52. The lowest BCUT2D eigenvalue weighted by Crippen LogP contribution is -2.39. The van der Waals surface area contributed by atoms with E-state index in [-0.39, 0.29) is 0 Å². The van der Waals surface area contributed by atoms with E-state index in [1.807, 2.05) is 0 Å². The lowest BCUT2D eigenvalue weighted by molar-refractivity contribution is 0.144. The fourth-order valence-electron chi connectivity index (χ4n) is 5.31. The third-order valence-electron chi connectivity index (χ3n) is 6.52. The van der Waals surface area contributed by atoms with Crippen LogP contribution in [0, 0.1) is 17.8 Å². The van der Waals surface area contributed by atoms with Gasteiger partial charge in [0.25, 0.3) is 0 Å². The molecule has 2 aliphatic carbocycles. The van der Waals surface area contributed by atoms with Crippen molar-refractivity contribution in [2.45, 2.75) is 63.8 Å². The highest BCUT2D eigenvalue weighted by atomic mass is 15.1. The van der Waals surface area contributed by atoms with Crippen molar-refractivity contribution in [3.05, 3.63) is 0 Å². The van der Waals surface area contributed by atoms with Gasteiger partial charge in [-0.1, -0.05) is 19.3 Å². The van der Waals surface area contributed by atoms with Crippen molar-refractivity contribution < 1.29 is 0 Å². The van der Waals surface area contributed by atoms with Crippen LogP contribution in [0.5, 0.6) is 0 Å². The third kappa shape index (κ3) is 3.39. The normalized spacial score (nSPS) is 41.7. The smallest absolute Gasteiger partial charge is 0.0120 e. The number of hydrogen-bond acceptors (Lipinski definition) is 2. The molecular weight excluding hydrogens is 244 g/mol. The molecule has 0 aromatic rings. The molecule has 116 valence electrons. The van der Waals surface area contributed by atoms with Crippen LogP contribution in [0.2, 0.25) is 0 Å². The van der Waals surface area contributed by atoms with E-state index in [0.717, 1.165) is 23.8 Å². The Balaban J connectivity index is 0.000000121. The molecule has 0 aromatic heterocycles. The molecule has 20 heavy (non-hydrogen) atoms. The monoisotopic (exact) mass is 278 g/mol. The Kier molecular flexibility index (Phi) is 5.04. The first-order valence-corrected chi connectivity index (χ1v) is 9.13. The fourth-order valence-corrected chi connectivity index (χ4v) is 5.31. The van der Waals surface area contributed by atoms with E-state index in [1.165, 1.54) is 77.4 Å². The Morgan fingerprint density at radius 2 is 1.35 bits per heavy atom. The predicted octanol–water partition coefficient (Wildman–Crippen LogP) is 3.62.